The summed E-state index contributed by atoms with van der Waals surface area (Å²) in [5.41, 5.74) is 2.05. The quantitative estimate of drug-likeness (QED) is 0.456. The van der Waals surface area contributed by atoms with Crippen LogP contribution >= 0.6 is 11.3 Å². The Bertz CT molecular complexity index is 1080. The van der Waals surface area contributed by atoms with Gasteiger partial charge in [-0.05, 0) is 42.5 Å². The van der Waals surface area contributed by atoms with Gasteiger partial charge in [0.25, 0.3) is 0 Å². The summed E-state index contributed by atoms with van der Waals surface area (Å²) < 4.78 is 0. The van der Waals surface area contributed by atoms with Gasteiger partial charge in [-0.1, -0.05) is 43.3 Å². The highest BCUT2D eigenvalue weighted by molar-refractivity contribution is 7.22. The van der Waals surface area contributed by atoms with Gasteiger partial charge >= 0.3 is 0 Å². The molecule has 140 valence electrons. The Balaban J connectivity index is 1.67. The lowest BCUT2D eigenvalue weighted by molar-refractivity contribution is 0.437. The van der Waals surface area contributed by atoms with E-state index in [1.165, 1.54) is 23.3 Å². The smallest absolute Gasteiger partial charge is 0.181 e. The predicted octanol–water partition coefficient (Wildman–Crippen LogP) is 5.66. The van der Waals surface area contributed by atoms with Gasteiger partial charge in [0.15, 0.2) is 5.82 Å². The van der Waals surface area contributed by atoms with E-state index < -0.39 is 0 Å². The first-order valence-electron chi connectivity index (χ1n) is 9.81. The van der Waals surface area contributed by atoms with Gasteiger partial charge in [0.1, 0.15) is 16.3 Å². The molecule has 0 spiro atoms. The van der Waals surface area contributed by atoms with Gasteiger partial charge in [-0.15, -0.1) is 11.3 Å². The van der Waals surface area contributed by atoms with Crippen molar-refractivity contribution in [2.75, 3.05) is 18.0 Å². The first kappa shape index (κ1) is 17.3. The van der Waals surface area contributed by atoms with Crippen molar-refractivity contribution in [3.05, 3.63) is 60.8 Å². The van der Waals surface area contributed by atoms with Crippen molar-refractivity contribution < 1.29 is 0 Å². The molecule has 0 aliphatic carbocycles. The molecule has 0 amide bonds. The number of thiophene rings is 1. The molecule has 4 nitrogen and oxygen atoms in total. The summed E-state index contributed by atoms with van der Waals surface area (Å²) in [7, 11) is 0. The van der Waals surface area contributed by atoms with Crippen molar-refractivity contribution in [2.24, 2.45) is 5.92 Å². The Morgan fingerprint density at radius 3 is 2.50 bits per heavy atom. The van der Waals surface area contributed by atoms with Crippen LogP contribution in [0.1, 0.15) is 19.8 Å². The molecule has 3 aromatic heterocycles. The minimum absolute atomic E-state index is 0.711. The molecule has 0 N–H and O–H groups in total. The van der Waals surface area contributed by atoms with Crippen molar-refractivity contribution in [3.8, 4) is 22.0 Å². The van der Waals surface area contributed by atoms with Gasteiger partial charge in [0.05, 0.1) is 5.39 Å². The van der Waals surface area contributed by atoms with Crippen LogP contribution < -0.4 is 4.90 Å². The third-order valence-electron chi connectivity index (χ3n) is 5.41. The Morgan fingerprint density at radius 1 is 0.964 bits per heavy atom. The van der Waals surface area contributed by atoms with Crippen LogP contribution in [0.4, 0.5) is 5.82 Å². The second-order valence-electron chi connectivity index (χ2n) is 7.45. The van der Waals surface area contributed by atoms with E-state index in [1.807, 2.05) is 18.2 Å². The molecule has 4 aromatic rings. The maximum atomic E-state index is 4.99. The van der Waals surface area contributed by atoms with E-state index in [4.69, 9.17) is 9.97 Å². The average molecular weight is 387 g/mol. The van der Waals surface area contributed by atoms with Crippen molar-refractivity contribution in [1.29, 1.82) is 0 Å². The van der Waals surface area contributed by atoms with E-state index in [-0.39, 0.29) is 0 Å². The fraction of sp³-hybridized carbons (Fsp3) is 0.261. The predicted molar refractivity (Wildman–Crippen MR) is 117 cm³/mol. The third-order valence-corrected chi connectivity index (χ3v) is 6.49. The fourth-order valence-electron chi connectivity index (χ4n) is 3.72. The van der Waals surface area contributed by atoms with Crippen molar-refractivity contribution in [1.82, 2.24) is 15.0 Å². The molecule has 5 heteroatoms. The number of pyridine rings is 1. The van der Waals surface area contributed by atoms with Crippen LogP contribution in [-0.2, 0) is 0 Å². The maximum Gasteiger partial charge on any atom is 0.181 e. The monoisotopic (exact) mass is 386 g/mol. The normalized spacial score (nSPS) is 15.2. The van der Waals surface area contributed by atoms with Gasteiger partial charge in [-0.3, -0.25) is 4.98 Å². The molecule has 0 unspecified atom stereocenters. The van der Waals surface area contributed by atoms with E-state index in [1.54, 1.807) is 17.5 Å². The second-order valence-corrected chi connectivity index (χ2v) is 8.48. The molecule has 1 fully saturated rings. The number of aromatic nitrogens is 3. The van der Waals surface area contributed by atoms with Gasteiger partial charge < -0.3 is 4.90 Å². The molecule has 0 atom stereocenters. The van der Waals surface area contributed by atoms with Crippen molar-refractivity contribution in [3.63, 3.8) is 0 Å². The van der Waals surface area contributed by atoms with E-state index in [0.29, 0.717) is 5.82 Å². The molecule has 1 aliphatic heterocycles. The zero-order valence-corrected chi connectivity index (χ0v) is 16.7. The molecule has 5 rings (SSSR count). The standard InChI is InChI=1S/C23H22N4S/c1-16-10-13-27(14-11-16)22-18-15-20(17-7-3-2-4-8-17)28-23(18)26-21(25-22)19-9-5-6-12-24-19/h2-9,12,15-16H,10-11,13-14H2,1H3. The summed E-state index contributed by atoms with van der Waals surface area (Å²) >= 11 is 1.73. The van der Waals surface area contributed by atoms with Crippen LogP contribution in [0.3, 0.4) is 0 Å². The number of fused-ring (bicyclic) bond motifs is 1. The van der Waals surface area contributed by atoms with E-state index in [2.05, 4.69) is 53.2 Å². The maximum absolute atomic E-state index is 4.99. The summed E-state index contributed by atoms with van der Waals surface area (Å²) in [5, 5.41) is 1.15. The minimum atomic E-state index is 0.711. The molecule has 0 saturated carbocycles. The van der Waals surface area contributed by atoms with Crippen molar-refractivity contribution in [2.45, 2.75) is 19.8 Å². The van der Waals surface area contributed by atoms with Crippen LogP contribution in [0.25, 0.3) is 32.2 Å². The number of nitrogens with zero attached hydrogens (tertiary/aromatic N) is 4. The largest absolute Gasteiger partial charge is 0.356 e. The molecule has 1 saturated heterocycles. The van der Waals surface area contributed by atoms with Gasteiger partial charge in [-0.25, -0.2) is 9.97 Å². The van der Waals surface area contributed by atoms with E-state index in [9.17, 15) is 0 Å². The molecule has 28 heavy (non-hydrogen) atoms. The summed E-state index contributed by atoms with van der Waals surface area (Å²) in [6, 6.07) is 18.7. The highest BCUT2D eigenvalue weighted by Gasteiger charge is 2.22. The minimum Gasteiger partial charge on any atom is -0.356 e. The van der Waals surface area contributed by atoms with Crippen LogP contribution in [-0.4, -0.2) is 28.0 Å². The Morgan fingerprint density at radius 2 is 1.75 bits per heavy atom. The lowest BCUT2D eigenvalue weighted by Gasteiger charge is -2.31. The van der Waals surface area contributed by atoms with Crippen LogP contribution in [0.5, 0.6) is 0 Å². The van der Waals surface area contributed by atoms with Crippen LogP contribution in [0, 0.1) is 5.92 Å². The fourth-order valence-corrected chi connectivity index (χ4v) is 4.75. The second kappa shape index (κ2) is 7.32. The van der Waals surface area contributed by atoms with E-state index in [0.717, 1.165) is 40.7 Å². The molecule has 4 heterocycles. The number of hydrogen-bond acceptors (Lipinski definition) is 5. The van der Waals surface area contributed by atoms with Gasteiger partial charge in [0, 0.05) is 24.2 Å². The number of anilines is 1. The summed E-state index contributed by atoms with van der Waals surface area (Å²) in [4.78, 5) is 19.0. The SMILES string of the molecule is CC1CCN(c2nc(-c3ccccn3)nc3sc(-c4ccccc4)cc23)CC1. The Hall–Kier alpha value is -2.79. The van der Waals surface area contributed by atoms with Gasteiger partial charge in [-0.2, -0.15) is 0 Å². The summed E-state index contributed by atoms with van der Waals surface area (Å²) in [6.45, 7) is 4.43. The number of rotatable bonds is 3. The average Bonchev–Trinajstić information content (AvgIpc) is 3.19. The van der Waals surface area contributed by atoms with E-state index >= 15 is 0 Å². The third kappa shape index (κ3) is 3.27. The molecular formula is C23H22N4S. The number of benzene rings is 1. The number of piperidine rings is 1. The highest BCUT2D eigenvalue weighted by atomic mass is 32.1. The van der Waals surface area contributed by atoms with Crippen molar-refractivity contribution >= 4 is 27.4 Å². The molecule has 0 bridgehead atoms. The lowest BCUT2D eigenvalue weighted by Crippen LogP contribution is -2.33. The summed E-state index contributed by atoms with van der Waals surface area (Å²) in [6.07, 6.45) is 4.22. The molecule has 1 aliphatic rings. The molecular weight excluding hydrogens is 364 g/mol. The zero-order valence-electron chi connectivity index (χ0n) is 15.9. The first-order valence-corrected chi connectivity index (χ1v) is 10.6. The summed E-state index contributed by atoms with van der Waals surface area (Å²) in [5.74, 6) is 2.55. The number of hydrogen-bond donors (Lipinski definition) is 0. The molecule has 1 aromatic carbocycles. The Labute approximate surface area is 168 Å². The topological polar surface area (TPSA) is 41.9 Å². The van der Waals surface area contributed by atoms with Crippen LogP contribution in [0.2, 0.25) is 0 Å². The lowest BCUT2D eigenvalue weighted by atomic mass is 9.99. The van der Waals surface area contributed by atoms with Gasteiger partial charge in [0.2, 0.25) is 0 Å². The zero-order chi connectivity index (χ0) is 18.9. The first-order chi connectivity index (χ1) is 13.8. The highest BCUT2D eigenvalue weighted by Crippen LogP contribution is 2.38. The Kier molecular flexibility index (Phi) is 4.53. The molecule has 0 radical (unpaired) electrons. The van der Waals surface area contributed by atoms with Crippen LogP contribution in [0.15, 0.2) is 60.8 Å².